The first-order valence-electron chi connectivity index (χ1n) is 13.0. The van der Waals surface area contributed by atoms with Crippen molar-refractivity contribution in [1.29, 1.82) is 0 Å². The third-order valence-electron chi connectivity index (χ3n) is 8.85. The normalized spacial score (nSPS) is 24.3. The molecule has 0 aromatic heterocycles. The van der Waals surface area contributed by atoms with E-state index in [0.717, 1.165) is 27.8 Å². The van der Waals surface area contributed by atoms with Gasteiger partial charge in [0.1, 0.15) is 0 Å². The number of rotatable bonds is 3. The van der Waals surface area contributed by atoms with E-state index in [1.165, 1.54) is 4.90 Å². The molecule has 4 aromatic rings. The van der Waals surface area contributed by atoms with E-state index >= 15 is 0 Å². The number of nitrogens with zero attached hydrogens (tertiary/aromatic N) is 1. The zero-order valence-corrected chi connectivity index (χ0v) is 22.2. The number of para-hydroxylation sites is 1. The van der Waals surface area contributed by atoms with Gasteiger partial charge in [0.25, 0.3) is 5.91 Å². The highest BCUT2D eigenvalue weighted by atomic mass is 35.5. The fourth-order valence-electron chi connectivity index (χ4n) is 7.12. The second kappa shape index (κ2) is 8.39. The van der Waals surface area contributed by atoms with Gasteiger partial charge in [-0.05, 0) is 65.9 Å². The Hall–Kier alpha value is -4.22. The fourth-order valence-corrected chi connectivity index (χ4v) is 7.30. The third-order valence-corrected chi connectivity index (χ3v) is 9.09. The molecule has 1 aliphatic heterocycles. The van der Waals surface area contributed by atoms with Gasteiger partial charge in [0.15, 0.2) is 0 Å². The largest absolute Gasteiger partial charge is 0.322 e. The molecule has 5 nitrogen and oxygen atoms in total. The van der Waals surface area contributed by atoms with E-state index in [2.05, 4.69) is 29.6 Å². The van der Waals surface area contributed by atoms with Crippen molar-refractivity contribution in [3.8, 4) is 0 Å². The van der Waals surface area contributed by atoms with Gasteiger partial charge in [0.05, 0.1) is 22.6 Å². The van der Waals surface area contributed by atoms with Crippen LogP contribution in [0.1, 0.15) is 56.9 Å². The van der Waals surface area contributed by atoms with Crippen molar-refractivity contribution in [2.24, 2.45) is 11.3 Å². The van der Waals surface area contributed by atoms with Crippen molar-refractivity contribution < 1.29 is 14.4 Å². The van der Waals surface area contributed by atoms with Crippen LogP contribution < -0.4 is 10.2 Å². The summed E-state index contributed by atoms with van der Waals surface area (Å²) in [6.45, 7) is 3.81. The van der Waals surface area contributed by atoms with Gasteiger partial charge in [0.2, 0.25) is 11.8 Å². The molecule has 6 heteroatoms. The van der Waals surface area contributed by atoms with Crippen LogP contribution in [0.2, 0.25) is 5.02 Å². The molecular weight excluding hydrogens is 508 g/mol. The van der Waals surface area contributed by atoms with E-state index in [1.54, 1.807) is 36.4 Å². The van der Waals surface area contributed by atoms with Gasteiger partial charge in [0, 0.05) is 22.5 Å². The summed E-state index contributed by atoms with van der Waals surface area (Å²) in [7, 11) is 0. The van der Waals surface area contributed by atoms with E-state index in [4.69, 9.17) is 11.6 Å². The van der Waals surface area contributed by atoms with Crippen molar-refractivity contribution >= 4 is 40.7 Å². The van der Waals surface area contributed by atoms with Crippen LogP contribution in [0.5, 0.6) is 0 Å². The number of amides is 3. The number of halogens is 1. The molecule has 1 N–H and O–H groups in total. The number of hydrogen-bond acceptors (Lipinski definition) is 3. The summed E-state index contributed by atoms with van der Waals surface area (Å²) in [6.07, 6.45) is 0. The maximum atomic E-state index is 14.5. The summed E-state index contributed by atoms with van der Waals surface area (Å²) in [4.78, 5) is 43.6. The van der Waals surface area contributed by atoms with Crippen molar-refractivity contribution in [2.45, 2.75) is 25.7 Å². The second-order valence-corrected chi connectivity index (χ2v) is 11.3. The van der Waals surface area contributed by atoms with Crippen molar-refractivity contribution in [2.75, 3.05) is 10.2 Å². The van der Waals surface area contributed by atoms with Crippen molar-refractivity contribution in [3.05, 3.63) is 129 Å². The number of carbonyl (C=O) groups excluding carboxylic acids is 3. The summed E-state index contributed by atoms with van der Waals surface area (Å²) < 4.78 is 0. The molecule has 0 radical (unpaired) electrons. The fraction of sp³-hybridized carbons (Fsp3) is 0.182. The molecule has 0 spiro atoms. The van der Waals surface area contributed by atoms with Crippen molar-refractivity contribution in [3.63, 3.8) is 0 Å². The van der Waals surface area contributed by atoms with Crippen LogP contribution in [-0.4, -0.2) is 17.7 Å². The Bertz CT molecular complexity index is 1680. The Morgan fingerprint density at radius 3 is 2.10 bits per heavy atom. The minimum atomic E-state index is -0.975. The highest BCUT2D eigenvalue weighted by molar-refractivity contribution is 6.31. The quantitative estimate of drug-likeness (QED) is 0.299. The molecule has 1 fully saturated rings. The first-order chi connectivity index (χ1) is 18.8. The van der Waals surface area contributed by atoms with E-state index in [-0.39, 0.29) is 29.2 Å². The van der Waals surface area contributed by atoms with Crippen LogP contribution in [0.3, 0.4) is 0 Å². The second-order valence-electron chi connectivity index (χ2n) is 10.8. The van der Waals surface area contributed by atoms with Gasteiger partial charge < -0.3 is 5.32 Å². The van der Waals surface area contributed by atoms with E-state index < -0.39 is 17.2 Å². The highest BCUT2D eigenvalue weighted by Crippen LogP contribution is 2.67. The number of carbonyl (C=O) groups is 3. The van der Waals surface area contributed by atoms with Gasteiger partial charge in [-0.2, -0.15) is 0 Å². The first-order valence-corrected chi connectivity index (χ1v) is 13.4. The zero-order valence-electron chi connectivity index (χ0n) is 21.4. The SMILES string of the molecule is Cc1ccc(Cl)cc1NC(=O)c1ccccc1N1C(=O)[C@@H]2C3c4ccccc4C(c4ccccc43)[C@]2(C)C1=O. The monoisotopic (exact) mass is 532 g/mol. The molecule has 192 valence electrons. The van der Waals surface area contributed by atoms with Gasteiger partial charge in [-0.3, -0.25) is 14.4 Å². The number of nitrogens with one attached hydrogen (secondary N) is 1. The number of anilines is 2. The molecule has 4 aromatic carbocycles. The topological polar surface area (TPSA) is 66.5 Å². The van der Waals surface area contributed by atoms with Gasteiger partial charge in [-0.15, -0.1) is 0 Å². The third kappa shape index (κ3) is 3.17. The standard InChI is InChI=1S/C33H25ClN2O3/c1-18-15-16-19(34)17-25(18)35-30(37)24-13-7-8-14-26(24)36-31(38)29-27-20-9-3-5-11-22(20)28(33(29,2)32(36)39)23-12-6-4-10-21(23)27/h3-17,27-29H,1-2H3,(H,35,37)/t27?,28?,29-,33-/m0/s1. The molecule has 1 saturated heterocycles. The summed E-state index contributed by atoms with van der Waals surface area (Å²) in [5.41, 5.74) is 5.42. The zero-order chi connectivity index (χ0) is 27.1. The smallest absolute Gasteiger partial charge is 0.257 e. The maximum absolute atomic E-state index is 14.5. The molecule has 2 bridgehead atoms. The average molecular weight is 533 g/mol. The van der Waals surface area contributed by atoms with E-state index in [1.807, 2.05) is 44.2 Å². The number of imide groups is 1. The molecule has 3 amide bonds. The van der Waals surface area contributed by atoms with E-state index in [0.29, 0.717) is 16.4 Å². The molecular formula is C33H25ClN2O3. The van der Waals surface area contributed by atoms with Gasteiger partial charge >= 0.3 is 0 Å². The van der Waals surface area contributed by atoms with Crippen LogP contribution in [0.4, 0.5) is 11.4 Å². The lowest BCUT2D eigenvalue weighted by molar-refractivity contribution is -0.128. The maximum Gasteiger partial charge on any atom is 0.257 e. The average Bonchev–Trinajstić information content (AvgIpc) is 3.15. The van der Waals surface area contributed by atoms with Gasteiger partial charge in [-0.25, -0.2) is 4.90 Å². The van der Waals surface area contributed by atoms with E-state index in [9.17, 15) is 14.4 Å². The number of benzene rings is 4. The highest BCUT2D eigenvalue weighted by Gasteiger charge is 2.69. The van der Waals surface area contributed by atoms with Crippen LogP contribution in [0.25, 0.3) is 0 Å². The summed E-state index contributed by atoms with van der Waals surface area (Å²) >= 11 is 6.17. The minimum absolute atomic E-state index is 0.232. The summed E-state index contributed by atoms with van der Waals surface area (Å²) in [6, 6.07) is 28.4. The Labute approximate surface area is 231 Å². The molecule has 39 heavy (non-hydrogen) atoms. The predicted octanol–water partition coefficient (Wildman–Crippen LogP) is 6.69. The lowest BCUT2D eigenvalue weighted by atomic mass is 9.48. The Balaban J connectivity index is 1.35. The minimum Gasteiger partial charge on any atom is -0.322 e. The van der Waals surface area contributed by atoms with Crippen LogP contribution in [-0.2, 0) is 9.59 Å². The molecule has 1 heterocycles. The Morgan fingerprint density at radius 2 is 1.44 bits per heavy atom. The lowest BCUT2D eigenvalue weighted by Crippen LogP contribution is -2.49. The van der Waals surface area contributed by atoms with Crippen LogP contribution >= 0.6 is 11.6 Å². The predicted molar refractivity (Wildman–Crippen MR) is 151 cm³/mol. The molecule has 0 unspecified atom stereocenters. The summed E-state index contributed by atoms with van der Waals surface area (Å²) in [5, 5.41) is 3.42. The molecule has 0 saturated carbocycles. The van der Waals surface area contributed by atoms with Crippen LogP contribution in [0.15, 0.2) is 91.0 Å². The number of hydrogen-bond donors (Lipinski definition) is 1. The molecule has 2 atom stereocenters. The van der Waals surface area contributed by atoms with Crippen molar-refractivity contribution in [1.82, 2.24) is 0 Å². The van der Waals surface area contributed by atoms with Crippen LogP contribution in [0, 0.1) is 18.3 Å². The molecule has 3 aliphatic carbocycles. The molecule has 8 rings (SSSR count). The molecule has 4 aliphatic rings. The Kier molecular flexibility index (Phi) is 5.13. The lowest BCUT2D eigenvalue weighted by Gasteiger charge is -2.51. The first kappa shape index (κ1) is 23.9. The summed E-state index contributed by atoms with van der Waals surface area (Å²) in [5.74, 6) is -1.99. The van der Waals surface area contributed by atoms with Gasteiger partial charge in [-0.1, -0.05) is 78.3 Å². The Morgan fingerprint density at radius 1 is 0.846 bits per heavy atom. The number of aryl methyl sites for hydroxylation is 1.